The van der Waals surface area contributed by atoms with Gasteiger partial charge in [-0.25, -0.2) is 4.79 Å². The molecule has 0 bridgehead atoms. The molecule has 29 heavy (non-hydrogen) atoms. The fraction of sp³-hybridized carbons (Fsp3) is 0.238. The van der Waals surface area contributed by atoms with Gasteiger partial charge in [-0.15, -0.1) is 0 Å². The van der Waals surface area contributed by atoms with Gasteiger partial charge in [-0.2, -0.15) is 0 Å². The molecule has 3 rings (SSSR count). The van der Waals surface area contributed by atoms with E-state index < -0.39 is 36.3 Å². The molecular formula is C21H19ClN2O5. The van der Waals surface area contributed by atoms with E-state index in [1.54, 1.807) is 43.3 Å². The van der Waals surface area contributed by atoms with Gasteiger partial charge in [-0.05, 0) is 43.7 Å². The molecule has 7 nitrogen and oxygen atoms in total. The third kappa shape index (κ3) is 4.30. The zero-order valence-electron chi connectivity index (χ0n) is 15.8. The first-order chi connectivity index (χ1) is 13.8. The van der Waals surface area contributed by atoms with Gasteiger partial charge in [-0.3, -0.25) is 19.3 Å². The summed E-state index contributed by atoms with van der Waals surface area (Å²) in [4.78, 5) is 50.1. The molecule has 3 amide bonds. The number of fused-ring (bicyclic) bond motifs is 1. The van der Waals surface area contributed by atoms with Crippen LogP contribution in [0, 0.1) is 0 Å². The van der Waals surface area contributed by atoms with Gasteiger partial charge in [0, 0.05) is 5.02 Å². The van der Waals surface area contributed by atoms with Gasteiger partial charge in [0.2, 0.25) is 0 Å². The minimum atomic E-state index is -1.15. The van der Waals surface area contributed by atoms with Crippen LogP contribution in [0.1, 0.15) is 46.2 Å². The maximum Gasteiger partial charge on any atom is 0.329 e. The van der Waals surface area contributed by atoms with Crippen LogP contribution in [0.3, 0.4) is 0 Å². The highest BCUT2D eigenvalue weighted by atomic mass is 35.5. The van der Waals surface area contributed by atoms with Crippen molar-refractivity contribution in [2.24, 2.45) is 0 Å². The lowest BCUT2D eigenvalue weighted by Gasteiger charge is -2.21. The van der Waals surface area contributed by atoms with Crippen molar-refractivity contribution in [1.29, 1.82) is 0 Å². The van der Waals surface area contributed by atoms with Crippen LogP contribution in [0.25, 0.3) is 0 Å². The lowest BCUT2D eigenvalue weighted by molar-refractivity contribution is -0.152. The highest BCUT2D eigenvalue weighted by Gasteiger charge is 2.41. The van der Waals surface area contributed by atoms with E-state index in [2.05, 4.69) is 5.32 Å². The number of hydrogen-bond donors (Lipinski definition) is 1. The number of carbonyl (C=O) groups is 4. The normalized spacial score (nSPS) is 14.9. The Kier molecular flexibility index (Phi) is 5.98. The Morgan fingerprint density at radius 1 is 1.00 bits per heavy atom. The van der Waals surface area contributed by atoms with E-state index in [-0.39, 0.29) is 17.2 Å². The summed E-state index contributed by atoms with van der Waals surface area (Å²) in [7, 11) is 0. The molecule has 0 aromatic heterocycles. The Bertz CT molecular complexity index is 938. The number of hydrogen-bond acceptors (Lipinski definition) is 5. The van der Waals surface area contributed by atoms with Crippen molar-refractivity contribution >= 4 is 35.3 Å². The highest BCUT2D eigenvalue weighted by Crippen LogP contribution is 2.24. The Morgan fingerprint density at radius 2 is 1.55 bits per heavy atom. The Labute approximate surface area is 172 Å². The maximum atomic E-state index is 12.4. The summed E-state index contributed by atoms with van der Waals surface area (Å²) >= 11 is 5.84. The van der Waals surface area contributed by atoms with E-state index in [9.17, 15) is 19.2 Å². The number of ether oxygens (including phenoxy) is 1. The summed E-state index contributed by atoms with van der Waals surface area (Å²) in [5, 5.41) is 3.29. The minimum absolute atomic E-state index is 0.242. The summed E-state index contributed by atoms with van der Waals surface area (Å²) in [5.41, 5.74) is 1.33. The average molecular weight is 415 g/mol. The second kappa shape index (κ2) is 8.45. The van der Waals surface area contributed by atoms with Gasteiger partial charge in [0.1, 0.15) is 6.04 Å². The quantitative estimate of drug-likeness (QED) is 0.579. The largest absolute Gasteiger partial charge is 0.454 e. The molecule has 0 spiro atoms. The Balaban J connectivity index is 1.55. The predicted octanol–water partition coefficient (Wildman–Crippen LogP) is 2.75. The second-order valence-corrected chi connectivity index (χ2v) is 7.09. The Hall–Kier alpha value is -3.19. The van der Waals surface area contributed by atoms with Gasteiger partial charge in [0.25, 0.3) is 17.7 Å². The average Bonchev–Trinajstić information content (AvgIpc) is 2.96. The molecular weight excluding hydrogens is 396 g/mol. The monoisotopic (exact) mass is 414 g/mol. The number of benzene rings is 2. The van der Waals surface area contributed by atoms with Crippen molar-refractivity contribution in [3.63, 3.8) is 0 Å². The number of amides is 3. The fourth-order valence-corrected chi connectivity index (χ4v) is 3.17. The number of rotatable bonds is 6. The zero-order valence-corrected chi connectivity index (χ0v) is 16.6. The summed E-state index contributed by atoms with van der Waals surface area (Å²) in [6.45, 7) is 2.65. The molecule has 0 unspecified atom stereocenters. The molecule has 0 aliphatic carbocycles. The molecule has 1 heterocycles. The number of halogens is 1. The number of esters is 1. The lowest BCUT2D eigenvalue weighted by atomic mass is 10.1. The summed E-state index contributed by atoms with van der Waals surface area (Å²) in [6.07, 6.45) is 0. The molecule has 0 saturated carbocycles. The zero-order chi connectivity index (χ0) is 21.1. The van der Waals surface area contributed by atoms with Gasteiger partial charge in [-0.1, -0.05) is 35.9 Å². The van der Waals surface area contributed by atoms with Crippen LogP contribution in [0.2, 0.25) is 5.02 Å². The van der Waals surface area contributed by atoms with Gasteiger partial charge < -0.3 is 10.1 Å². The molecule has 2 atom stereocenters. The SMILES string of the molecule is C[C@H](NC(=O)COC(=O)[C@H](C)N1C(=O)c2ccccc2C1=O)c1ccc(Cl)cc1. The molecule has 2 aromatic carbocycles. The molecule has 0 saturated heterocycles. The second-order valence-electron chi connectivity index (χ2n) is 6.65. The standard InChI is InChI=1S/C21H19ClN2O5/c1-12(14-7-9-15(22)10-8-14)23-18(25)11-29-21(28)13(2)24-19(26)16-5-3-4-6-17(16)20(24)27/h3-10,12-13H,11H2,1-2H3,(H,23,25)/t12-,13-/m0/s1. The molecule has 0 radical (unpaired) electrons. The van der Waals surface area contributed by atoms with Crippen LogP contribution in [-0.4, -0.2) is 41.2 Å². The van der Waals surface area contributed by atoms with Crippen molar-refractivity contribution in [2.75, 3.05) is 6.61 Å². The lowest BCUT2D eigenvalue weighted by Crippen LogP contribution is -2.44. The van der Waals surface area contributed by atoms with E-state index in [4.69, 9.17) is 16.3 Å². The van der Waals surface area contributed by atoms with Gasteiger partial charge >= 0.3 is 5.97 Å². The van der Waals surface area contributed by atoms with Crippen LogP contribution in [0.15, 0.2) is 48.5 Å². The van der Waals surface area contributed by atoms with Crippen LogP contribution in [0.4, 0.5) is 0 Å². The first-order valence-electron chi connectivity index (χ1n) is 8.98. The third-order valence-corrected chi connectivity index (χ3v) is 4.90. The predicted molar refractivity (Wildman–Crippen MR) is 105 cm³/mol. The van der Waals surface area contributed by atoms with Crippen molar-refractivity contribution in [3.8, 4) is 0 Å². The van der Waals surface area contributed by atoms with E-state index in [1.807, 2.05) is 0 Å². The third-order valence-electron chi connectivity index (χ3n) is 4.65. The Morgan fingerprint density at radius 3 is 2.10 bits per heavy atom. The smallest absolute Gasteiger partial charge is 0.329 e. The van der Waals surface area contributed by atoms with Crippen molar-refractivity contribution in [1.82, 2.24) is 10.2 Å². The van der Waals surface area contributed by atoms with E-state index in [1.165, 1.54) is 19.1 Å². The van der Waals surface area contributed by atoms with Gasteiger partial charge in [0.05, 0.1) is 17.2 Å². The summed E-state index contributed by atoms with van der Waals surface area (Å²) in [6, 6.07) is 11.9. The molecule has 8 heteroatoms. The molecule has 1 aliphatic rings. The van der Waals surface area contributed by atoms with Crippen LogP contribution >= 0.6 is 11.6 Å². The van der Waals surface area contributed by atoms with Crippen LogP contribution in [-0.2, 0) is 14.3 Å². The van der Waals surface area contributed by atoms with E-state index in [0.29, 0.717) is 5.02 Å². The van der Waals surface area contributed by atoms with E-state index >= 15 is 0 Å². The molecule has 0 fully saturated rings. The number of nitrogens with zero attached hydrogens (tertiary/aromatic N) is 1. The first-order valence-corrected chi connectivity index (χ1v) is 9.35. The number of nitrogens with one attached hydrogen (secondary N) is 1. The van der Waals surface area contributed by atoms with Crippen molar-refractivity contribution < 1.29 is 23.9 Å². The number of imide groups is 1. The molecule has 1 N–H and O–H groups in total. The van der Waals surface area contributed by atoms with Crippen molar-refractivity contribution in [3.05, 3.63) is 70.2 Å². The maximum absolute atomic E-state index is 12.4. The topological polar surface area (TPSA) is 92.8 Å². The van der Waals surface area contributed by atoms with Crippen LogP contribution in [0.5, 0.6) is 0 Å². The highest BCUT2D eigenvalue weighted by molar-refractivity contribution is 6.30. The molecule has 1 aliphatic heterocycles. The van der Waals surface area contributed by atoms with Crippen molar-refractivity contribution in [2.45, 2.75) is 25.9 Å². The minimum Gasteiger partial charge on any atom is -0.454 e. The molecule has 150 valence electrons. The summed E-state index contributed by atoms with van der Waals surface area (Å²) < 4.78 is 5.01. The summed E-state index contributed by atoms with van der Waals surface area (Å²) in [5.74, 6) is -2.46. The van der Waals surface area contributed by atoms with Gasteiger partial charge in [0.15, 0.2) is 6.61 Å². The fourth-order valence-electron chi connectivity index (χ4n) is 3.04. The number of carbonyl (C=O) groups excluding carboxylic acids is 4. The van der Waals surface area contributed by atoms with E-state index in [0.717, 1.165) is 10.5 Å². The van der Waals surface area contributed by atoms with Crippen LogP contribution < -0.4 is 5.32 Å². The molecule has 2 aromatic rings. The first kappa shape index (κ1) is 20.5.